The van der Waals surface area contributed by atoms with Crippen LogP contribution in [-0.2, 0) is 4.79 Å². The largest absolute Gasteiger partial charge is 0.497 e. The number of fused-ring (bicyclic) bond motifs is 1. The zero-order valence-electron chi connectivity index (χ0n) is 15.6. The summed E-state index contributed by atoms with van der Waals surface area (Å²) >= 11 is 6.12. The lowest BCUT2D eigenvalue weighted by molar-refractivity contribution is -0.125. The van der Waals surface area contributed by atoms with Crippen LogP contribution in [0.15, 0.2) is 66.7 Å². The maximum atomic E-state index is 12.7. The van der Waals surface area contributed by atoms with Crippen LogP contribution in [0.5, 0.6) is 28.7 Å². The molecule has 1 heterocycles. The summed E-state index contributed by atoms with van der Waals surface area (Å²) in [7, 11) is 1.60. The predicted octanol–water partition coefficient (Wildman–Crippen LogP) is 4.92. The molecule has 0 radical (unpaired) electrons. The summed E-state index contributed by atoms with van der Waals surface area (Å²) < 4.78 is 22.4. The van der Waals surface area contributed by atoms with E-state index >= 15 is 0 Å². The smallest absolute Gasteiger partial charge is 0.269 e. The first-order chi connectivity index (χ1) is 14.1. The third-order valence-corrected chi connectivity index (χ3v) is 4.52. The van der Waals surface area contributed by atoms with Crippen LogP contribution in [-0.4, -0.2) is 25.7 Å². The molecule has 0 aromatic heterocycles. The predicted molar refractivity (Wildman–Crippen MR) is 110 cm³/mol. The quantitative estimate of drug-likeness (QED) is 0.645. The van der Waals surface area contributed by atoms with Gasteiger partial charge in [0, 0.05) is 5.02 Å². The van der Waals surface area contributed by atoms with E-state index in [1.54, 1.807) is 61.7 Å². The average molecular weight is 412 g/mol. The van der Waals surface area contributed by atoms with Crippen molar-refractivity contribution in [3.63, 3.8) is 0 Å². The summed E-state index contributed by atoms with van der Waals surface area (Å²) in [5, 5.41) is 3.28. The molecule has 148 valence electrons. The fraction of sp³-hybridized carbons (Fsp3) is 0.136. The number of benzene rings is 3. The number of amides is 1. The van der Waals surface area contributed by atoms with Gasteiger partial charge in [0.15, 0.2) is 17.2 Å². The van der Waals surface area contributed by atoms with Gasteiger partial charge >= 0.3 is 0 Å². The van der Waals surface area contributed by atoms with E-state index in [1.807, 2.05) is 12.1 Å². The highest BCUT2D eigenvalue weighted by atomic mass is 35.5. The van der Waals surface area contributed by atoms with Gasteiger partial charge in [-0.25, -0.2) is 0 Å². The lowest BCUT2D eigenvalue weighted by Gasteiger charge is -2.25. The van der Waals surface area contributed by atoms with Crippen molar-refractivity contribution in [3.05, 3.63) is 71.8 Å². The fourth-order valence-corrected chi connectivity index (χ4v) is 2.99. The number of carbonyl (C=O) groups excluding carboxylic acids is 1. The molecule has 0 aliphatic carbocycles. The molecule has 3 aromatic carbocycles. The first-order valence-electron chi connectivity index (χ1n) is 8.93. The molecule has 1 unspecified atom stereocenters. The number of nitrogens with one attached hydrogen (secondary N) is 1. The minimum absolute atomic E-state index is 0.109. The molecule has 1 aliphatic rings. The summed E-state index contributed by atoms with van der Waals surface area (Å²) in [6, 6.07) is 19.3. The fourth-order valence-electron chi connectivity index (χ4n) is 2.82. The average Bonchev–Trinajstić information content (AvgIpc) is 2.75. The molecule has 4 rings (SSSR count). The van der Waals surface area contributed by atoms with Crippen LogP contribution < -0.4 is 24.3 Å². The Morgan fingerprint density at radius 1 is 1.03 bits per heavy atom. The highest BCUT2D eigenvalue weighted by molar-refractivity contribution is 6.31. The van der Waals surface area contributed by atoms with Crippen LogP contribution in [0.4, 0.5) is 5.69 Å². The zero-order chi connectivity index (χ0) is 20.2. The molecule has 1 aliphatic heterocycles. The molecular weight excluding hydrogens is 394 g/mol. The van der Waals surface area contributed by atoms with Crippen molar-refractivity contribution in [2.24, 2.45) is 0 Å². The standard InChI is InChI=1S/C22H18ClNO5/c1-26-15-7-9-16(10-8-15)28-18-11-6-14(23)12-17(18)24-22(25)21-13-27-19-4-2-3-5-20(19)29-21/h2-12,21H,13H2,1H3,(H,24,25). The van der Waals surface area contributed by atoms with Gasteiger partial charge < -0.3 is 24.3 Å². The number of halogens is 1. The van der Waals surface area contributed by atoms with Gasteiger partial charge in [-0.05, 0) is 54.6 Å². The molecule has 7 heteroatoms. The maximum Gasteiger partial charge on any atom is 0.269 e. The number of rotatable bonds is 5. The van der Waals surface area contributed by atoms with E-state index in [0.29, 0.717) is 33.7 Å². The summed E-state index contributed by atoms with van der Waals surface area (Å²) in [6.45, 7) is 0.109. The Bertz CT molecular complexity index is 1020. The third-order valence-electron chi connectivity index (χ3n) is 4.29. The Kier molecular flexibility index (Phi) is 5.44. The lowest BCUT2D eigenvalue weighted by atomic mass is 10.2. The first-order valence-corrected chi connectivity index (χ1v) is 9.31. The van der Waals surface area contributed by atoms with Crippen LogP contribution in [0.25, 0.3) is 0 Å². The summed E-state index contributed by atoms with van der Waals surface area (Å²) in [6.07, 6.45) is -0.794. The Hall–Kier alpha value is -3.38. The Labute approximate surface area is 172 Å². The van der Waals surface area contributed by atoms with Crippen LogP contribution in [0.1, 0.15) is 0 Å². The van der Waals surface area contributed by atoms with Crippen molar-refractivity contribution in [2.75, 3.05) is 19.0 Å². The monoisotopic (exact) mass is 411 g/mol. The second-order valence-corrected chi connectivity index (χ2v) is 6.71. The summed E-state index contributed by atoms with van der Waals surface area (Å²) in [5.41, 5.74) is 0.431. The van der Waals surface area contributed by atoms with Gasteiger partial charge in [0.1, 0.15) is 18.1 Å². The zero-order valence-corrected chi connectivity index (χ0v) is 16.3. The maximum absolute atomic E-state index is 12.7. The Morgan fingerprint density at radius 2 is 1.76 bits per heavy atom. The van der Waals surface area contributed by atoms with Gasteiger partial charge in [-0.3, -0.25) is 4.79 Å². The number of hydrogen-bond donors (Lipinski definition) is 1. The minimum Gasteiger partial charge on any atom is -0.497 e. The SMILES string of the molecule is COc1ccc(Oc2ccc(Cl)cc2NC(=O)C2COc3ccccc3O2)cc1. The number of ether oxygens (including phenoxy) is 4. The second-order valence-electron chi connectivity index (χ2n) is 6.27. The van der Waals surface area contributed by atoms with Crippen LogP contribution >= 0.6 is 11.6 Å². The van der Waals surface area contributed by atoms with E-state index in [9.17, 15) is 4.79 Å². The normalized spacial score (nSPS) is 14.8. The van der Waals surface area contributed by atoms with Crippen molar-refractivity contribution in [1.29, 1.82) is 0 Å². The van der Waals surface area contributed by atoms with Gasteiger partial charge in [0.2, 0.25) is 6.10 Å². The minimum atomic E-state index is -0.794. The van der Waals surface area contributed by atoms with Gasteiger partial charge in [0.05, 0.1) is 12.8 Å². The Morgan fingerprint density at radius 3 is 2.52 bits per heavy atom. The van der Waals surface area contributed by atoms with E-state index in [2.05, 4.69) is 5.32 Å². The molecule has 0 saturated carbocycles. The number of methoxy groups -OCH3 is 1. The van der Waals surface area contributed by atoms with Gasteiger partial charge in [-0.15, -0.1) is 0 Å². The van der Waals surface area contributed by atoms with Crippen LogP contribution in [0.2, 0.25) is 5.02 Å². The lowest BCUT2D eigenvalue weighted by Crippen LogP contribution is -2.40. The number of hydrogen-bond acceptors (Lipinski definition) is 5. The highest BCUT2D eigenvalue weighted by Crippen LogP contribution is 2.34. The van der Waals surface area contributed by atoms with E-state index in [4.69, 9.17) is 30.5 Å². The topological polar surface area (TPSA) is 66.0 Å². The molecule has 0 spiro atoms. The molecule has 1 N–H and O–H groups in total. The number of carbonyl (C=O) groups is 1. The molecule has 29 heavy (non-hydrogen) atoms. The van der Waals surface area contributed by atoms with Gasteiger partial charge in [-0.2, -0.15) is 0 Å². The van der Waals surface area contributed by atoms with Gasteiger partial charge in [0.25, 0.3) is 5.91 Å². The van der Waals surface area contributed by atoms with Gasteiger partial charge in [-0.1, -0.05) is 23.7 Å². The number of para-hydroxylation sites is 2. The van der Waals surface area contributed by atoms with E-state index in [0.717, 1.165) is 5.75 Å². The molecule has 3 aromatic rings. The molecule has 0 bridgehead atoms. The van der Waals surface area contributed by atoms with Crippen LogP contribution in [0, 0.1) is 0 Å². The summed E-state index contributed by atoms with van der Waals surface area (Å²) in [4.78, 5) is 12.7. The van der Waals surface area contributed by atoms with Crippen molar-refractivity contribution >= 4 is 23.2 Å². The molecule has 1 amide bonds. The highest BCUT2D eigenvalue weighted by Gasteiger charge is 2.28. The first kappa shape index (κ1) is 19.0. The summed E-state index contributed by atoms with van der Waals surface area (Å²) in [5.74, 6) is 2.54. The van der Waals surface area contributed by atoms with Crippen LogP contribution in [0.3, 0.4) is 0 Å². The molecule has 0 fully saturated rings. The number of anilines is 1. The molecule has 0 saturated heterocycles. The third kappa shape index (κ3) is 4.38. The molecule has 6 nitrogen and oxygen atoms in total. The van der Waals surface area contributed by atoms with E-state index < -0.39 is 6.10 Å². The van der Waals surface area contributed by atoms with E-state index in [1.165, 1.54) is 0 Å². The van der Waals surface area contributed by atoms with Crippen molar-refractivity contribution in [2.45, 2.75) is 6.10 Å². The van der Waals surface area contributed by atoms with Crippen molar-refractivity contribution in [3.8, 4) is 28.7 Å². The van der Waals surface area contributed by atoms with E-state index in [-0.39, 0.29) is 12.5 Å². The molecule has 1 atom stereocenters. The van der Waals surface area contributed by atoms with Crippen molar-refractivity contribution in [1.82, 2.24) is 0 Å². The Balaban J connectivity index is 1.50. The second kappa shape index (κ2) is 8.32. The van der Waals surface area contributed by atoms with Crippen molar-refractivity contribution < 1.29 is 23.7 Å². The molecular formula is C22H18ClNO5.